The predicted molar refractivity (Wildman–Crippen MR) is 81.2 cm³/mol. The van der Waals surface area contributed by atoms with E-state index in [1.54, 1.807) is 12.3 Å². The Morgan fingerprint density at radius 1 is 1.24 bits per heavy atom. The SMILES string of the molecule is CC(C)OC(=O)c1ccn2cc(-c3ccccn3)cc2c1. The third-order valence-electron chi connectivity index (χ3n) is 3.14. The Kier molecular flexibility index (Phi) is 3.44. The maximum absolute atomic E-state index is 11.9. The van der Waals surface area contributed by atoms with E-state index in [-0.39, 0.29) is 12.1 Å². The molecule has 4 nitrogen and oxygen atoms in total. The molecule has 0 aliphatic rings. The molecule has 0 atom stereocenters. The van der Waals surface area contributed by atoms with Crippen LogP contribution in [0.4, 0.5) is 0 Å². The van der Waals surface area contributed by atoms with E-state index in [0.717, 1.165) is 16.8 Å². The molecule has 0 unspecified atom stereocenters. The van der Waals surface area contributed by atoms with Crippen LogP contribution in [0.25, 0.3) is 16.8 Å². The van der Waals surface area contributed by atoms with Crippen molar-refractivity contribution in [3.63, 3.8) is 0 Å². The summed E-state index contributed by atoms with van der Waals surface area (Å²) in [6.07, 6.45) is 5.50. The molecule has 0 radical (unpaired) electrons. The molecule has 3 aromatic rings. The number of aromatic nitrogens is 2. The summed E-state index contributed by atoms with van der Waals surface area (Å²) < 4.78 is 7.18. The Hall–Kier alpha value is -2.62. The third kappa shape index (κ3) is 2.79. The van der Waals surface area contributed by atoms with Crippen molar-refractivity contribution in [2.75, 3.05) is 0 Å². The average molecular weight is 280 g/mol. The summed E-state index contributed by atoms with van der Waals surface area (Å²) in [7, 11) is 0. The number of pyridine rings is 2. The summed E-state index contributed by atoms with van der Waals surface area (Å²) >= 11 is 0. The van der Waals surface area contributed by atoms with Crippen molar-refractivity contribution in [2.24, 2.45) is 0 Å². The normalized spacial score (nSPS) is 11.0. The Bertz CT molecular complexity index is 776. The van der Waals surface area contributed by atoms with Gasteiger partial charge in [0.15, 0.2) is 0 Å². The van der Waals surface area contributed by atoms with Gasteiger partial charge < -0.3 is 9.14 Å². The molecule has 21 heavy (non-hydrogen) atoms. The second kappa shape index (κ2) is 5.40. The molecule has 4 heteroatoms. The van der Waals surface area contributed by atoms with Crippen LogP contribution in [-0.2, 0) is 4.74 Å². The van der Waals surface area contributed by atoms with Gasteiger partial charge in [-0.3, -0.25) is 4.98 Å². The number of ether oxygens (including phenoxy) is 1. The summed E-state index contributed by atoms with van der Waals surface area (Å²) in [6.45, 7) is 3.68. The lowest BCUT2D eigenvalue weighted by Gasteiger charge is -2.07. The minimum Gasteiger partial charge on any atom is -0.459 e. The average Bonchev–Trinajstić information content (AvgIpc) is 2.90. The topological polar surface area (TPSA) is 43.6 Å². The van der Waals surface area contributed by atoms with Crippen molar-refractivity contribution in [2.45, 2.75) is 20.0 Å². The molecule has 0 spiro atoms. The first-order chi connectivity index (χ1) is 10.1. The summed E-state index contributed by atoms with van der Waals surface area (Å²) in [6, 6.07) is 11.4. The molecule has 3 rings (SSSR count). The van der Waals surface area contributed by atoms with E-state index in [1.807, 2.05) is 61.0 Å². The number of rotatable bonds is 3. The van der Waals surface area contributed by atoms with Crippen LogP contribution in [0.3, 0.4) is 0 Å². The molecule has 0 aliphatic carbocycles. The van der Waals surface area contributed by atoms with Gasteiger partial charge in [0.25, 0.3) is 0 Å². The largest absolute Gasteiger partial charge is 0.459 e. The molecule has 3 heterocycles. The predicted octanol–water partition coefficient (Wildman–Crippen LogP) is 3.57. The Balaban J connectivity index is 1.97. The second-order valence-corrected chi connectivity index (χ2v) is 5.15. The fraction of sp³-hybridized carbons (Fsp3) is 0.176. The highest BCUT2D eigenvalue weighted by Gasteiger charge is 2.11. The van der Waals surface area contributed by atoms with Crippen molar-refractivity contribution >= 4 is 11.5 Å². The van der Waals surface area contributed by atoms with Gasteiger partial charge in [0, 0.05) is 29.7 Å². The molecule has 0 N–H and O–H groups in total. The molecular weight excluding hydrogens is 264 g/mol. The summed E-state index contributed by atoms with van der Waals surface area (Å²) in [5.74, 6) is -0.298. The fourth-order valence-electron chi connectivity index (χ4n) is 2.19. The zero-order chi connectivity index (χ0) is 14.8. The van der Waals surface area contributed by atoms with Crippen LogP contribution in [0.1, 0.15) is 24.2 Å². The van der Waals surface area contributed by atoms with E-state index in [1.165, 1.54) is 0 Å². The van der Waals surface area contributed by atoms with Crippen LogP contribution in [-0.4, -0.2) is 21.5 Å². The number of carbonyl (C=O) groups excluding carboxylic acids is 1. The number of nitrogens with zero attached hydrogens (tertiary/aromatic N) is 2. The quantitative estimate of drug-likeness (QED) is 0.689. The number of fused-ring (bicyclic) bond motifs is 1. The first-order valence-electron chi connectivity index (χ1n) is 6.87. The third-order valence-corrected chi connectivity index (χ3v) is 3.14. The minimum absolute atomic E-state index is 0.121. The first-order valence-corrected chi connectivity index (χ1v) is 6.87. The number of hydrogen-bond acceptors (Lipinski definition) is 3. The molecule has 106 valence electrons. The molecule has 0 saturated carbocycles. The zero-order valence-corrected chi connectivity index (χ0v) is 12.0. The van der Waals surface area contributed by atoms with Gasteiger partial charge in [0.2, 0.25) is 0 Å². The highest BCUT2D eigenvalue weighted by atomic mass is 16.5. The monoisotopic (exact) mass is 280 g/mol. The maximum atomic E-state index is 11.9. The van der Waals surface area contributed by atoms with Gasteiger partial charge in [0.1, 0.15) is 0 Å². The highest BCUT2D eigenvalue weighted by Crippen LogP contribution is 2.21. The van der Waals surface area contributed by atoms with E-state index in [9.17, 15) is 4.79 Å². The van der Waals surface area contributed by atoms with Gasteiger partial charge in [0.05, 0.1) is 17.4 Å². The lowest BCUT2D eigenvalue weighted by molar-refractivity contribution is 0.0378. The molecule has 0 aliphatic heterocycles. The van der Waals surface area contributed by atoms with Gasteiger partial charge in [-0.05, 0) is 44.2 Å². The molecule has 0 amide bonds. The number of carbonyl (C=O) groups is 1. The van der Waals surface area contributed by atoms with E-state index >= 15 is 0 Å². The Morgan fingerprint density at radius 2 is 2.10 bits per heavy atom. The molecule has 0 aromatic carbocycles. The van der Waals surface area contributed by atoms with Crippen molar-refractivity contribution in [3.05, 3.63) is 60.6 Å². The highest BCUT2D eigenvalue weighted by molar-refractivity contribution is 5.91. The van der Waals surface area contributed by atoms with Crippen molar-refractivity contribution < 1.29 is 9.53 Å². The first kappa shape index (κ1) is 13.4. The second-order valence-electron chi connectivity index (χ2n) is 5.15. The summed E-state index contributed by atoms with van der Waals surface area (Å²) in [5, 5.41) is 0. The lowest BCUT2D eigenvalue weighted by atomic mass is 10.2. The van der Waals surface area contributed by atoms with E-state index in [2.05, 4.69) is 4.98 Å². The smallest absolute Gasteiger partial charge is 0.338 e. The van der Waals surface area contributed by atoms with Crippen LogP contribution in [0.2, 0.25) is 0 Å². The lowest BCUT2D eigenvalue weighted by Crippen LogP contribution is -2.11. The van der Waals surface area contributed by atoms with Gasteiger partial charge in [-0.25, -0.2) is 4.79 Å². The molecule has 3 aromatic heterocycles. The molecular formula is C17H16N2O2. The standard InChI is InChI=1S/C17H16N2O2/c1-12(2)21-17(20)13-6-8-19-11-14(10-15(19)9-13)16-5-3-4-7-18-16/h3-12H,1-2H3. The van der Waals surface area contributed by atoms with Crippen molar-refractivity contribution in [3.8, 4) is 11.3 Å². The van der Waals surface area contributed by atoms with Crippen molar-refractivity contribution in [1.82, 2.24) is 9.38 Å². The van der Waals surface area contributed by atoms with Crippen molar-refractivity contribution in [1.29, 1.82) is 0 Å². The Morgan fingerprint density at radius 3 is 2.81 bits per heavy atom. The van der Waals surface area contributed by atoms with E-state index in [4.69, 9.17) is 4.74 Å². The zero-order valence-electron chi connectivity index (χ0n) is 12.0. The van der Waals surface area contributed by atoms with Gasteiger partial charge in [-0.1, -0.05) is 6.07 Å². The van der Waals surface area contributed by atoms with Gasteiger partial charge >= 0.3 is 5.97 Å². The maximum Gasteiger partial charge on any atom is 0.338 e. The number of esters is 1. The Labute approximate surface area is 123 Å². The van der Waals surface area contributed by atoms with E-state index < -0.39 is 0 Å². The van der Waals surface area contributed by atoms with E-state index in [0.29, 0.717) is 5.56 Å². The molecule has 0 fully saturated rings. The summed E-state index contributed by atoms with van der Waals surface area (Å²) in [5.41, 5.74) is 3.42. The minimum atomic E-state index is -0.298. The number of hydrogen-bond donors (Lipinski definition) is 0. The fourth-order valence-corrected chi connectivity index (χ4v) is 2.19. The van der Waals surface area contributed by atoms with Crippen LogP contribution < -0.4 is 0 Å². The molecule has 0 saturated heterocycles. The van der Waals surface area contributed by atoms with Crippen LogP contribution in [0, 0.1) is 0 Å². The van der Waals surface area contributed by atoms with Crippen LogP contribution in [0.15, 0.2) is 55.0 Å². The summed E-state index contributed by atoms with van der Waals surface area (Å²) in [4.78, 5) is 16.3. The van der Waals surface area contributed by atoms with Crippen LogP contribution >= 0.6 is 0 Å². The molecule has 0 bridgehead atoms. The van der Waals surface area contributed by atoms with Gasteiger partial charge in [-0.2, -0.15) is 0 Å². The van der Waals surface area contributed by atoms with Gasteiger partial charge in [-0.15, -0.1) is 0 Å². The van der Waals surface area contributed by atoms with Crippen LogP contribution in [0.5, 0.6) is 0 Å².